The highest BCUT2D eigenvalue weighted by Gasteiger charge is 2.63. The average molecular weight is 477 g/mol. The summed E-state index contributed by atoms with van der Waals surface area (Å²) in [5.74, 6) is -7.46. The van der Waals surface area contributed by atoms with E-state index in [-0.39, 0.29) is 36.1 Å². The summed E-state index contributed by atoms with van der Waals surface area (Å²) in [5.41, 5.74) is 4.96. The van der Waals surface area contributed by atoms with Gasteiger partial charge in [0.25, 0.3) is 0 Å². The van der Waals surface area contributed by atoms with Crippen molar-refractivity contribution in [2.45, 2.75) is 31.0 Å². The van der Waals surface area contributed by atoms with Gasteiger partial charge in [0.2, 0.25) is 11.7 Å². The average Bonchev–Trinajstić information content (AvgIpc) is 2.81. The fourth-order valence-corrected chi connectivity index (χ4v) is 5.94. The van der Waals surface area contributed by atoms with Crippen molar-refractivity contribution in [2.75, 3.05) is 0 Å². The Labute approximate surface area is 199 Å². The van der Waals surface area contributed by atoms with Gasteiger partial charge in [0.05, 0.1) is 11.7 Å². The third-order valence-electron chi connectivity index (χ3n) is 7.63. The van der Waals surface area contributed by atoms with Gasteiger partial charge in [-0.1, -0.05) is 30.3 Å². The van der Waals surface area contributed by atoms with Crippen molar-refractivity contribution in [1.82, 2.24) is 0 Å². The number of phenolic OH excluding ortho intramolecular Hbond substituents is 1. The molecule has 5 rings (SSSR count). The third-order valence-corrected chi connectivity index (χ3v) is 7.63. The van der Waals surface area contributed by atoms with Gasteiger partial charge < -0.3 is 26.2 Å². The second kappa shape index (κ2) is 7.86. The highest BCUT2D eigenvalue weighted by atomic mass is 16.3. The van der Waals surface area contributed by atoms with Crippen LogP contribution in [0.5, 0.6) is 5.75 Å². The molecule has 35 heavy (non-hydrogen) atoms. The maximum Gasteiger partial charge on any atom is 0.230 e. The van der Waals surface area contributed by atoms with Crippen LogP contribution in [0, 0.1) is 17.8 Å². The maximum absolute atomic E-state index is 13.5. The first-order valence-corrected chi connectivity index (χ1v) is 11.2. The third kappa shape index (κ3) is 3.15. The number of phenols is 1. The van der Waals surface area contributed by atoms with Crippen LogP contribution in [0.25, 0.3) is 16.9 Å². The van der Waals surface area contributed by atoms with Crippen molar-refractivity contribution in [3.8, 4) is 16.9 Å². The predicted octanol–water partition coefficient (Wildman–Crippen LogP) is 1.07. The van der Waals surface area contributed by atoms with Crippen LogP contribution in [0.2, 0.25) is 0 Å². The molecule has 0 bridgehead atoms. The topological polar surface area (TPSA) is 175 Å². The number of hydrogen-bond acceptors (Lipinski definition) is 8. The summed E-state index contributed by atoms with van der Waals surface area (Å²) < 4.78 is 0. The Morgan fingerprint density at radius 2 is 1.74 bits per heavy atom. The minimum Gasteiger partial charge on any atom is -0.507 e. The number of hydrogen-bond donors (Lipinski definition) is 5. The first kappa shape index (κ1) is 22.9. The van der Waals surface area contributed by atoms with E-state index in [1.165, 1.54) is 6.07 Å². The largest absolute Gasteiger partial charge is 0.507 e. The maximum atomic E-state index is 13.5. The molecule has 2 aromatic rings. The van der Waals surface area contributed by atoms with Crippen molar-refractivity contribution < 1.29 is 39.6 Å². The number of benzene rings is 2. The van der Waals surface area contributed by atoms with E-state index >= 15 is 0 Å². The first-order valence-electron chi connectivity index (χ1n) is 11.2. The number of ketones is 2. The number of aliphatic hydroxyl groups excluding tert-OH is 2. The Kier molecular flexibility index (Phi) is 5.15. The second-order valence-electron chi connectivity index (χ2n) is 9.46. The zero-order valence-corrected chi connectivity index (χ0v) is 18.5. The molecule has 3 aliphatic rings. The van der Waals surface area contributed by atoms with Crippen molar-refractivity contribution in [3.63, 3.8) is 0 Å². The summed E-state index contributed by atoms with van der Waals surface area (Å²) in [7, 11) is 0. The molecule has 2 unspecified atom stereocenters. The molecule has 1 amide bonds. The molecule has 3 aliphatic carbocycles. The van der Waals surface area contributed by atoms with Crippen LogP contribution in [0.1, 0.15) is 34.3 Å². The highest BCUT2D eigenvalue weighted by molar-refractivity contribution is 6.24. The lowest BCUT2D eigenvalue weighted by Gasteiger charge is -2.48. The van der Waals surface area contributed by atoms with Crippen molar-refractivity contribution in [3.05, 3.63) is 58.7 Å². The van der Waals surface area contributed by atoms with E-state index in [0.717, 1.165) is 5.56 Å². The van der Waals surface area contributed by atoms with Crippen LogP contribution in [0.3, 0.4) is 0 Å². The van der Waals surface area contributed by atoms with Gasteiger partial charge in [-0.3, -0.25) is 19.2 Å². The van der Waals surface area contributed by atoms with E-state index in [9.17, 15) is 39.6 Å². The van der Waals surface area contributed by atoms with E-state index in [4.69, 9.17) is 5.73 Å². The van der Waals surface area contributed by atoms with Crippen LogP contribution < -0.4 is 5.73 Å². The minimum absolute atomic E-state index is 0.0263. The van der Waals surface area contributed by atoms with Crippen LogP contribution in [0.15, 0.2) is 42.0 Å². The Balaban J connectivity index is 1.65. The molecule has 0 heterocycles. The number of aldehydes is 1. The molecule has 0 radical (unpaired) electrons. The molecule has 2 aromatic carbocycles. The zero-order valence-electron chi connectivity index (χ0n) is 18.5. The predicted molar refractivity (Wildman–Crippen MR) is 122 cm³/mol. The van der Waals surface area contributed by atoms with E-state index in [2.05, 4.69) is 0 Å². The normalized spacial score (nSPS) is 29.8. The molecule has 5 atom stereocenters. The van der Waals surface area contributed by atoms with E-state index in [1.807, 2.05) is 0 Å². The number of primary amides is 1. The number of carbonyl (C=O) groups is 4. The van der Waals surface area contributed by atoms with E-state index in [0.29, 0.717) is 23.0 Å². The fourth-order valence-electron chi connectivity index (χ4n) is 5.94. The van der Waals surface area contributed by atoms with Gasteiger partial charge in [0, 0.05) is 17.1 Å². The van der Waals surface area contributed by atoms with Crippen LogP contribution in [-0.2, 0) is 20.8 Å². The lowest BCUT2D eigenvalue weighted by molar-refractivity contribution is -0.174. The molecule has 0 saturated heterocycles. The molecule has 180 valence electrons. The number of nitrogens with two attached hydrogens (primary N) is 1. The monoisotopic (exact) mass is 477 g/mol. The van der Waals surface area contributed by atoms with Crippen molar-refractivity contribution >= 4 is 29.5 Å². The van der Waals surface area contributed by atoms with Gasteiger partial charge in [-0.05, 0) is 47.9 Å². The number of fused-ring (bicyclic) bond motifs is 3. The number of carbonyl (C=O) groups excluding carboxylic acids is 4. The van der Waals surface area contributed by atoms with Crippen molar-refractivity contribution in [1.29, 1.82) is 0 Å². The summed E-state index contributed by atoms with van der Waals surface area (Å²) in [6, 6.07) is 9.79. The van der Waals surface area contributed by atoms with Gasteiger partial charge in [0.1, 0.15) is 23.7 Å². The molecule has 0 spiro atoms. The van der Waals surface area contributed by atoms with Gasteiger partial charge in [-0.2, -0.15) is 0 Å². The fraction of sp³-hybridized carbons (Fsp3) is 0.308. The summed E-state index contributed by atoms with van der Waals surface area (Å²) in [4.78, 5) is 49.3. The quantitative estimate of drug-likeness (QED) is 0.322. The van der Waals surface area contributed by atoms with Gasteiger partial charge in [-0.25, -0.2) is 0 Å². The zero-order chi connectivity index (χ0) is 25.2. The van der Waals surface area contributed by atoms with Gasteiger partial charge in [-0.15, -0.1) is 0 Å². The van der Waals surface area contributed by atoms with Gasteiger partial charge in [0.15, 0.2) is 11.4 Å². The molecular weight excluding hydrogens is 454 g/mol. The number of Topliss-reactive ketones (excluding diaryl/α,β-unsaturated/α-hetero) is 2. The number of aliphatic hydroxyl groups is 3. The standard InChI is InChI=1S/C26H23NO8/c27-25(34)21-18(30)9-14-7-13-8-16-15(12-3-1-11(10-28)2-4-12)5-6-17(29)20(16)22(31)19(13)23(32)26(14,35)24(21)33/h1-6,10,13-14,18,21,29-31,35H,7-9H2,(H2,27,34)/t13-,14+,18?,21?,26+/m1/s1. The first-order chi connectivity index (χ1) is 16.6. The van der Waals surface area contributed by atoms with E-state index < -0.39 is 52.7 Å². The molecule has 0 aromatic heterocycles. The number of amides is 1. The summed E-state index contributed by atoms with van der Waals surface area (Å²) >= 11 is 0. The van der Waals surface area contributed by atoms with E-state index in [1.54, 1.807) is 30.3 Å². The summed E-state index contributed by atoms with van der Waals surface area (Å²) in [6.45, 7) is 0. The Hall–Kier alpha value is -3.82. The highest BCUT2D eigenvalue weighted by Crippen LogP contribution is 2.52. The molecule has 2 fully saturated rings. The van der Waals surface area contributed by atoms with Gasteiger partial charge >= 0.3 is 0 Å². The lowest BCUT2D eigenvalue weighted by Crippen LogP contribution is -2.66. The number of aromatic hydroxyl groups is 1. The second-order valence-corrected chi connectivity index (χ2v) is 9.46. The smallest absolute Gasteiger partial charge is 0.230 e. The van der Waals surface area contributed by atoms with Crippen LogP contribution >= 0.6 is 0 Å². The Morgan fingerprint density at radius 3 is 2.37 bits per heavy atom. The molecule has 6 N–H and O–H groups in total. The SMILES string of the molecule is NC(=O)C1C(=O)[C@@]2(O)C(=O)C3=C(O)c4c(O)ccc(-c5ccc(C=O)cc5)c4C[C@H]3C[C@H]2CC1O. The Bertz CT molecular complexity index is 1330. The molecule has 9 nitrogen and oxygen atoms in total. The summed E-state index contributed by atoms with van der Waals surface area (Å²) in [6.07, 6.45) is -0.582. The Morgan fingerprint density at radius 1 is 1.06 bits per heavy atom. The lowest BCUT2D eigenvalue weighted by atomic mass is 9.56. The molecule has 0 aliphatic heterocycles. The van der Waals surface area contributed by atoms with Crippen LogP contribution in [0.4, 0.5) is 0 Å². The van der Waals surface area contributed by atoms with Crippen molar-refractivity contribution in [2.24, 2.45) is 23.5 Å². The number of rotatable bonds is 3. The molecule has 2 saturated carbocycles. The minimum atomic E-state index is -2.60. The summed E-state index contributed by atoms with van der Waals surface area (Å²) in [5, 5.41) is 43.4. The molecular formula is C26H23NO8. The van der Waals surface area contributed by atoms with Crippen LogP contribution in [-0.4, -0.2) is 55.9 Å². The molecule has 9 heteroatoms.